The second kappa shape index (κ2) is 6.57. The fourth-order valence-electron chi connectivity index (χ4n) is 3.25. The number of amides is 2. The van der Waals surface area contributed by atoms with E-state index in [1.807, 2.05) is 0 Å². The fourth-order valence-corrected chi connectivity index (χ4v) is 3.25. The van der Waals surface area contributed by atoms with Crippen LogP contribution in [0.2, 0.25) is 0 Å². The predicted octanol–water partition coefficient (Wildman–Crippen LogP) is 1.32. The van der Waals surface area contributed by atoms with Crippen LogP contribution in [0.4, 0.5) is 0 Å². The molecule has 2 rings (SSSR count). The van der Waals surface area contributed by atoms with E-state index in [1.165, 1.54) is 32.1 Å². The van der Waals surface area contributed by atoms with E-state index >= 15 is 0 Å². The molecule has 2 amide bonds. The quantitative estimate of drug-likeness (QED) is 0.849. The number of nitrogens with one attached hydrogen (secondary N) is 1. The van der Waals surface area contributed by atoms with Gasteiger partial charge in [0, 0.05) is 20.0 Å². The first-order valence-electron chi connectivity index (χ1n) is 7.69. The highest BCUT2D eigenvalue weighted by molar-refractivity contribution is 5.86. The Kier molecular flexibility index (Phi) is 5.02. The van der Waals surface area contributed by atoms with Gasteiger partial charge in [0.1, 0.15) is 0 Å². The molecule has 20 heavy (non-hydrogen) atoms. The fraction of sp³-hybridized carbons (Fsp3) is 0.867. The number of nitrogens with zero attached hydrogens (tertiary/aromatic N) is 1. The van der Waals surface area contributed by atoms with Gasteiger partial charge in [-0.05, 0) is 25.7 Å². The Morgan fingerprint density at radius 1 is 1.30 bits per heavy atom. The van der Waals surface area contributed by atoms with Crippen molar-refractivity contribution in [3.05, 3.63) is 0 Å². The lowest BCUT2D eigenvalue weighted by Gasteiger charge is -2.39. The predicted molar refractivity (Wildman–Crippen MR) is 76.2 cm³/mol. The van der Waals surface area contributed by atoms with Gasteiger partial charge in [-0.1, -0.05) is 19.3 Å². The normalized spacial score (nSPS) is 28.2. The molecular formula is C15H26N2O3. The third-order valence-electron chi connectivity index (χ3n) is 4.52. The van der Waals surface area contributed by atoms with Crippen molar-refractivity contribution in [2.75, 3.05) is 26.7 Å². The van der Waals surface area contributed by atoms with Gasteiger partial charge < -0.3 is 15.0 Å². The molecule has 5 heteroatoms. The highest BCUT2D eigenvalue weighted by atomic mass is 16.5. The summed E-state index contributed by atoms with van der Waals surface area (Å²) in [6.07, 6.45) is 6.76. The van der Waals surface area contributed by atoms with E-state index in [-0.39, 0.29) is 11.8 Å². The Bertz CT molecular complexity index is 366. The number of hydrogen-bond donors (Lipinski definition) is 1. The van der Waals surface area contributed by atoms with Gasteiger partial charge in [0.15, 0.2) is 5.60 Å². The molecule has 0 radical (unpaired) electrons. The number of hydrogen-bond acceptors (Lipinski definition) is 3. The Morgan fingerprint density at radius 3 is 2.65 bits per heavy atom. The molecule has 0 spiro atoms. The maximum atomic E-state index is 12.4. The SMILES string of the molecule is CNC(=O)C1(C)CN(C(=O)CC2CCCCC2)CCO1. The van der Waals surface area contributed by atoms with Crippen molar-refractivity contribution in [2.24, 2.45) is 5.92 Å². The number of rotatable bonds is 3. The summed E-state index contributed by atoms with van der Waals surface area (Å²) in [6, 6.07) is 0. The minimum absolute atomic E-state index is 0.160. The van der Waals surface area contributed by atoms with Gasteiger partial charge in [0.25, 0.3) is 5.91 Å². The van der Waals surface area contributed by atoms with Gasteiger partial charge in [-0.15, -0.1) is 0 Å². The molecule has 5 nitrogen and oxygen atoms in total. The first-order valence-corrected chi connectivity index (χ1v) is 7.69. The Labute approximate surface area is 121 Å². The average Bonchev–Trinajstić information content (AvgIpc) is 2.47. The lowest BCUT2D eigenvalue weighted by Crippen LogP contribution is -2.59. The van der Waals surface area contributed by atoms with Crippen molar-refractivity contribution in [3.63, 3.8) is 0 Å². The van der Waals surface area contributed by atoms with E-state index < -0.39 is 5.60 Å². The summed E-state index contributed by atoms with van der Waals surface area (Å²) in [7, 11) is 1.60. The molecule has 2 aliphatic rings. The molecule has 1 aliphatic carbocycles. The lowest BCUT2D eigenvalue weighted by molar-refractivity contribution is -0.162. The average molecular weight is 282 g/mol. The molecule has 0 aromatic carbocycles. The summed E-state index contributed by atoms with van der Waals surface area (Å²) in [5.41, 5.74) is -0.908. The van der Waals surface area contributed by atoms with E-state index in [9.17, 15) is 9.59 Å². The van der Waals surface area contributed by atoms with Crippen LogP contribution < -0.4 is 5.32 Å². The third-order valence-corrected chi connectivity index (χ3v) is 4.52. The highest BCUT2D eigenvalue weighted by Gasteiger charge is 2.40. The van der Waals surface area contributed by atoms with Gasteiger partial charge in [-0.25, -0.2) is 0 Å². The third kappa shape index (κ3) is 3.51. The summed E-state index contributed by atoms with van der Waals surface area (Å²) < 4.78 is 5.58. The minimum atomic E-state index is -0.908. The monoisotopic (exact) mass is 282 g/mol. The van der Waals surface area contributed by atoms with E-state index in [1.54, 1.807) is 18.9 Å². The van der Waals surface area contributed by atoms with Crippen LogP contribution in [0.15, 0.2) is 0 Å². The number of ether oxygens (including phenoxy) is 1. The van der Waals surface area contributed by atoms with Crippen LogP contribution >= 0.6 is 0 Å². The molecule has 1 unspecified atom stereocenters. The maximum Gasteiger partial charge on any atom is 0.253 e. The van der Waals surface area contributed by atoms with E-state index in [0.717, 1.165) is 0 Å². The summed E-state index contributed by atoms with van der Waals surface area (Å²) >= 11 is 0. The van der Waals surface area contributed by atoms with Crippen LogP contribution in [0.25, 0.3) is 0 Å². The topological polar surface area (TPSA) is 58.6 Å². The Hall–Kier alpha value is -1.10. The first-order chi connectivity index (χ1) is 9.55. The van der Waals surface area contributed by atoms with Crippen molar-refractivity contribution in [1.82, 2.24) is 10.2 Å². The van der Waals surface area contributed by atoms with Gasteiger partial charge in [0.2, 0.25) is 5.91 Å². The molecule has 1 N–H and O–H groups in total. The van der Waals surface area contributed by atoms with Crippen molar-refractivity contribution in [1.29, 1.82) is 0 Å². The number of likely N-dealkylation sites (N-methyl/N-ethyl adjacent to an activating group) is 1. The van der Waals surface area contributed by atoms with E-state index in [0.29, 0.717) is 32.0 Å². The van der Waals surface area contributed by atoms with Gasteiger partial charge >= 0.3 is 0 Å². The van der Waals surface area contributed by atoms with Crippen molar-refractivity contribution in [2.45, 2.75) is 51.0 Å². The molecule has 0 bridgehead atoms. The van der Waals surface area contributed by atoms with Gasteiger partial charge in [-0.3, -0.25) is 9.59 Å². The molecule has 1 saturated carbocycles. The van der Waals surface area contributed by atoms with Crippen LogP contribution in [-0.4, -0.2) is 49.1 Å². The molecule has 1 heterocycles. The molecule has 1 saturated heterocycles. The van der Waals surface area contributed by atoms with Crippen LogP contribution in [0.5, 0.6) is 0 Å². The van der Waals surface area contributed by atoms with Crippen LogP contribution in [0.3, 0.4) is 0 Å². The lowest BCUT2D eigenvalue weighted by atomic mass is 9.86. The zero-order valence-electron chi connectivity index (χ0n) is 12.6. The largest absolute Gasteiger partial charge is 0.362 e. The van der Waals surface area contributed by atoms with Gasteiger partial charge in [-0.2, -0.15) is 0 Å². The number of morpholine rings is 1. The molecule has 114 valence electrons. The first kappa shape index (κ1) is 15.3. The second-order valence-corrected chi connectivity index (χ2v) is 6.18. The van der Waals surface area contributed by atoms with E-state index in [2.05, 4.69) is 5.32 Å². The molecular weight excluding hydrogens is 256 g/mol. The molecule has 1 atom stereocenters. The Balaban J connectivity index is 1.90. The maximum absolute atomic E-state index is 12.4. The number of carbonyl (C=O) groups excluding carboxylic acids is 2. The smallest absolute Gasteiger partial charge is 0.253 e. The zero-order valence-corrected chi connectivity index (χ0v) is 12.6. The summed E-state index contributed by atoms with van der Waals surface area (Å²) in [5, 5.41) is 2.61. The van der Waals surface area contributed by atoms with Gasteiger partial charge in [0.05, 0.1) is 13.2 Å². The van der Waals surface area contributed by atoms with Crippen LogP contribution in [-0.2, 0) is 14.3 Å². The van der Waals surface area contributed by atoms with Crippen molar-refractivity contribution in [3.8, 4) is 0 Å². The zero-order chi connectivity index (χ0) is 14.6. The summed E-state index contributed by atoms with van der Waals surface area (Å²) in [6.45, 7) is 3.14. The Morgan fingerprint density at radius 2 is 2.00 bits per heavy atom. The molecule has 0 aromatic rings. The van der Waals surface area contributed by atoms with E-state index in [4.69, 9.17) is 4.74 Å². The van der Waals surface area contributed by atoms with Crippen LogP contribution in [0.1, 0.15) is 45.4 Å². The minimum Gasteiger partial charge on any atom is -0.362 e. The molecule has 2 fully saturated rings. The summed E-state index contributed by atoms with van der Waals surface area (Å²) in [4.78, 5) is 26.1. The van der Waals surface area contributed by atoms with Crippen LogP contribution in [0, 0.1) is 5.92 Å². The summed E-state index contributed by atoms with van der Waals surface area (Å²) in [5.74, 6) is 0.549. The van der Waals surface area contributed by atoms with Crippen molar-refractivity contribution >= 4 is 11.8 Å². The van der Waals surface area contributed by atoms with Crippen molar-refractivity contribution < 1.29 is 14.3 Å². The second-order valence-electron chi connectivity index (χ2n) is 6.18. The molecule has 1 aliphatic heterocycles. The molecule has 0 aromatic heterocycles. The highest BCUT2D eigenvalue weighted by Crippen LogP contribution is 2.27. The number of carbonyl (C=O) groups is 2. The standard InChI is InChI=1S/C15H26N2O3/c1-15(14(19)16-2)11-17(8-9-20-15)13(18)10-12-6-4-3-5-7-12/h12H,3-11H2,1-2H3,(H,16,19).